The van der Waals surface area contributed by atoms with Gasteiger partial charge in [0.2, 0.25) is 0 Å². The second-order valence-electron chi connectivity index (χ2n) is 3.94. The third-order valence-corrected chi connectivity index (χ3v) is 2.83. The van der Waals surface area contributed by atoms with E-state index in [2.05, 4.69) is 17.2 Å². The average Bonchev–Trinajstić information content (AvgIpc) is 2.63. The lowest BCUT2D eigenvalue weighted by molar-refractivity contribution is 0.000250. The molecule has 2 heterocycles. The number of nitrogens with one attached hydrogen (secondary N) is 2. The molecule has 1 saturated heterocycles. The van der Waals surface area contributed by atoms with Gasteiger partial charge < -0.3 is 15.4 Å². The summed E-state index contributed by atoms with van der Waals surface area (Å²) in [4.78, 5) is 3.07. The monoisotopic (exact) mass is 180 g/mol. The van der Waals surface area contributed by atoms with Crippen molar-refractivity contribution in [1.82, 2.24) is 10.3 Å². The summed E-state index contributed by atoms with van der Waals surface area (Å²) in [5.41, 5.74) is 0.239. The second kappa shape index (κ2) is 3.16. The molecule has 1 fully saturated rings. The maximum Gasteiger partial charge on any atom is 0.117 e. The highest BCUT2D eigenvalue weighted by atomic mass is 16.3. The van der Waals surface area contributed by atoms with Crippen molar-refractivity contribution in [2.45, 2.75) is 31.4 Å². The van der Waals surface area contributed by atoms with E-state index >= 15 is 0 Å². The maximum atomic E-state index is 10.3. The van der Waals surface area contributed by atoms with E-state index in [1.54, 1.807) is 0 Å². The molecule has 0 radical (unpaired) electrons. The topological polar surface area (TPSA) is 48.0 Å². The van der Waals surface area contributed by atoms with Crippen LogP contribution in [-0.2, 0) is 5.60 Å². The van der Waals surface area contributed by atoms with Crippen molar-refractivity contribution < 1.29 is 5.11 Å². The summed E-state index contributed by atoms with van der Waals surface area (Å²) < 4.78 is 0. The number of hydrogen-bond acceptors (Lipinski definition) is 2. The lowest BCUT2D eigenvalue weighted by Crippen LogP contribution is -2.47. The van der Waals surface area contributed by atoms with E-state index in [9.17, 15) is 5.11 Å². The summed E-state index contributed by atoms with van der Waals surface area (Å²) in [6, 6.07) is 4.39. The molecule has 0 saturated carbocycles. The summed E-state index contributed by atoms with van der Waals surface area (Å²) in [7, 11) is 0. The highest BCUT2D eigenvalue weighted by Crippen LogP contribution is 2.28. The van der Waals surface area contributed by atoms with Crippen LogP contribution in [0, 0.1) is 0 Å². The molecule has 1 aromatic heterocycles. The van der Waals surface area contributed by atoms with Gasteiger partial charge in [0.05, 0.1) is 0 Å². The Labute approximate surface area is 78.2 Å². The lowest BCUT2D eigenvalue weighted by Gasteiger charge is -2.35. The van der Waals surface area contributed by atoms with Crippen LogP contribution in [0.1, 0.15) is 25.5 Å². The van der Waals surface area contributed by atoms with Crippen LogP contribution in [0.3, 0.4) is 0 Å². The SMILES string of the molecule is CC1CCC(O)(c2ccc[nH]2)CN1. The lowest BCUT2D eigenvalue weighted by atomic mass is 9.88. The minimum Gasteiger partial charge on any atom is -0.382 e. The maximum absolute atomic E-state index is 10.3. The summed E-state index contributed by atoms with van der Waals surface area (Å²) >= 11 is 0. The van der Waals surface area contributed by atoms with Crippen molar-refractivity contribution in [1.29, 1.82) is 0 Å². The third-order valence-electron chi connectivity index (χ3n) is 2.83. The Hall–Kier alpha value is -0.800. The Bertz CT molecular complexity index is 260. The van der Waals surface area contributed by atoms with Crippen molar-refractivity contribution in [3.63, 3.8) is 0 Å². The van der Waals surface area contributed by atoms with Crippen molar-refractivity contribution in [3.05, 3.63) is 24.0 Å². The number of aromatic amines is 1. The van der Waals surface area contributed by atoms with Crippen LogP contribution < -0.4 is 5.32 Å². The zero-order chi connectivity index (χ0) is 9.31. The largest absolute Gasteiger partial charge is 0.382 e. The van der Waals surface area contributed by atoms with Gasteiger partial charge in [0, 0.05) is 24.5 Å². The van der Waals surface area contributed by atoms with Crippen LogP contribution in [0.25, 0.3) is 0 Å². The molecule has 1 aliphatic heterocycles. The Morgan fingerprint density at radius 3 is 3.00 bits per heavy atom. The molecule has 72 valence electrons. The fourth-order valence-electron chi connectivity index (χ4n) is 1.84. The van der Waals surface area contributed by atoms with E-state index in [1.807, 2.05) is 18.3 Å². The fraction of sp³-hybridized carbons (Fsp3) is 0.600. The first-order chi connectivity index (χ1) is 6.21. The fourth-order valence-corrected chi connectivity index (χ4v) is 1.84. The molecular formula is C10H16N2O. The highest BCUT2D eigenvalue weighted by molar-refractivity contribution is 5.15. The standard InChI is InChI=1S/C10H16N2O/c1-8-4-5-10(13,7-12-8)9-3-2-6-11-9/h2-3,6,8,11-13H,4-5,7H2,1H3. The van der Waals surface area contributed by atoms with Gasteiger partial charge in [-0.15, -0.1) is 0 Å². The van der Waals surface area contributed by atoms with Gasteiger partial charge in [-0.25, -0.2) is 0 Å². The predicted octanol–water partition coefficient (Wildman–Crippen LogP) is 0.974. The van der Waals surface area contributed by atoms with Gasteiger partial charge in [-0.3, -0.25) is 0 Å². The zero-order valence-corrected chi connectivity index (χ0v) is 7.88. The average molecular weight is 180 g/mol. The van der Waals surface area contributed by atoms with Crippen LogP contribution in [-0.4, -0.2) is 22.7 Å². The molecule has 0 amide bonds. The molecule has 3 heteroatoms. The number of aliphatic hydroxyl groups is 1. The van der Waals surface area contributed by atoms with Crippen molar-refractivity contribution in [2.24, 2.45) is 0 Å². The van der Waals surface area contributed by atoms with Gasteiger partial charge in [-0.2, -0.15) is 0 Å². The molecule has 2 rings (SSSR count). The Morgan fingerprint density at radius 1 is 1.62 bits per heavy atom. The van der Waals surface area contributed by atoms with Crippen LogP contribution in [0.15, 0.2) is 18.3 Å². The molecule has 2 atom stereocenters. The Kier molecular flexibility index (Phi) is 2.14. The van der Waals surface area contributed by atoms with Crippen LogP contribution in [0.2, 0.25) is 0 Å². The number of β-amino-alcohol motifs (C(OH)–C–C–N with tert-alkyl or cyclic N) is 1. The first-order valence-corrected chi connectivity index (χ1v) is 4.80. The first-order valence-electron chi connectivity index (χ1n) is 4.80. The quantitative estimate of drug-likeness (QED) is 0.603. The van der Waals surface area contributed by atoms with E-state index in [4.69, 9.17) is 0 Å². The van der Waals surface area contributed by atoms with E-state index in [0.29, 0.717) is 12.6 Å². The number of aromatic nitrogens is 1. The van der Waals surface area contributed by atoms with Crippen molar-refractivity contribution in [2.75, 3.05) is 6.54 Å². The summed E-state index contributed by atoms with van der Waals surface area (Å²) in [5.74, 6) is 0. The third kappa shape index (κ3) is 1.62. The Balaban J connectivity index is 2.13. The van der Waals surface area contributed by atoms with Gasteiger partial charge in [0.25, 0.3) is 0 Å². The van der Waals surface area contributed by atoms with Crippen molar-refractivity contribution in [3.8, 4) is 0 Å². The molecule has 3 N–H and O–H groups in total. The summed E-state index contributed by atoms with van der Waals surface area (Å²) in [6.45, 7) is 2.79. The second-order valence-corrected chi connectivity index (χ2v) is 3.94. The van der Waals surface area contributed by atoms with Gasteiger partial charge in [0.1, 0.15) is 5.60 Å². The summed E-state index contributed by atoms with van der Waals surface area (Å²) in [6.07, 6.45) is 3.71. The smallest absolute Gasteiger partial charge is 0.117 e. The minimum atomic E-state index is -0.685. The number of hydrogen-bond donors (Lipinski definition) is 3. The normalized spacial score (nSPS) is 34.8. The number of H-pyrrole nitrogens is 1. The van der Waals surface area contributed by atoms with Crippen LogP contribution in [0.5, 0.6) is 0 Å². The molecule has 0 aliphatic carbocycles. The molecule has 0 aromatic carbocycles. The van der Waals surface area contributed by atoms with E-state index < -0.39 is 5.60 Å². The molecule has 2 unspecified atom stereocenters. The number of rotatable bonds is 1. The molecule has 1 aliphatic rings. The van der Waals surface area contributed by atoms with Gasteiger partial charge in [-0.05, 0) is 31.9 Å². The predicted molar refractivity (Wildman–Crippen MR) is 51.4 cm³/mol. The van der Waals surface area contributed by atoms with Crippen LogP contribution >= 0.6 is 0 Å². The highest BCUT2D eigenvalue weighted by Gasteiger charge is 2.33. The van der Waals surface area contributed by atoms with Gasteiger partial charge in [-0.1, -0.05) is 0 Å². The zero-order valence-electron chi connectivity index (χ0n) is 7.88. The van der Waals surface area contributed by atoms with E-state index in [0.717, 1.165) is 18.5 Å². The molecule has 0 spiro atoms. The molecule has 3 nitrogen and oxygen atoms in total. The number of piperidine rings is 1. The van der Waals surface area contributed by atoms with E-state index in [-0.39, 0.29) is 0 Å². The Morgan fingerprint density at radius 2 is 2.46 bits per heavy atom. The summed E-state index contributed by atoms with van der Waals surface area (Å²) in [5, 5.41) is 13.5. The van der Waals surface area contributed by atoms with Gasteiger partial charge in [0.15, 0.2) is 0 Å². The van der Waals surface area contributed by atoms with Crippen LogP contribution in [0.4, 0.5) is 0 Å². The van der Waals surface area contributed by atoms with E-state index in [1.165, 1.54) is 0 Å². The first kappa shape index (κ1) is 8.78. The minimum absolute atomic E-state index is 0.523. The molecule has 1 aromatic rings. The molecular weight excluding hydrogens is 164 g/mol. The molecule has 0 bridgehead atoms. The van der Waals surface area contributed by atoms with Gasteiger partial charge >= 0.3 is 0 Å². The molecule has 13 heavy (non-hydrogen) atoms. The van der Waals surface area contributed by atoms with Crippen molar-refractivity contribution >= 4 is 0 Å².